The number of rotatable bonds is 7. The van der Waals surface area contributed by atoms with Gasteiger partial charge in [0.25, 0.3) is 0 Å². The molecule has 0 radical (unpaired) electrons. The first-order valence-electron chi connectivity index (χ1n) is 10.8. The highest BCUT2D eigenvalue weighted by atomic mass is 15.4. The number of anilines is 3. The Hall–Kier alpha value is -2.87. The lowest BCUT2D eigenvalue weighted by Gasteiger charge is -2.33. The van der Waals surface area contributed by atoms with Crippen molar-refractivity contribution in [1.29, 1.82) is 0 Å². The number of hydrogen-bond donors (Lipinski definition) is 3. The predicted molar refractivity (Wildman–Crippen MR) is 122 cm³/mol. The van der Waals surface area contributed by atoms with Gasteiger partial charge in [-0.15, -0.1) is 0 Å². The highest BCUT2D eigenvalue weighted by Gasteiger charge is 2.23. The second kappa shape index (κ2) is 8.87. The van der Waals surface area contributed by atoms with Crippen LogP contribution in [0.15, 0.2) is 30.5 Å². The van der Waals surface area contributed by atoms with Crippen molar-refractivity contribution in [2.45, 2.75) is 57.7 Å². The first-order valence-corrected chi connectivity index (χ1v) is 10.8. The van der Waals surface area contributed by atoms with Gasteiger partial charge in [0.2, 0.25) is 11.9 Å². The van der Waals surface area contributed by atoms with Crippen molar-refractivity contribution in [3.8, 4) is 0 Å². The molecule has 3 aromatic rings. The van der Waals surface area contributed by atoms with Gasteiger partial charge >= 0.3 is 0 Å². The van der Waals surface area contributed by atoms with E-state index < -0.39 is 0 Å². The van der Waals surface area contributed by atoms with E-state index in [1.165, 1.54) is 12.8 Å². The summed E-state index contributed by atoms with van der Waals surface area (Å²) in [7, 11) is 4.33. The van der Waals surface area contributed by atoms with Crippen molar-refractivity contribution in [2.75, 3.05) is 30.5 Å². The van der Waals surface area contributed by atoms with Crippen molar-refractivity contribution < 1.29 is 0 Å². The molecule has 0 bridgehead atoms. The smallest absolute Gasteiger partial charge is 0.229 e. The molecule has 30 heavy (non-hydrogen) atoms. The summed E-state index contributed by atoms with van der Waals surface area (Å²) in [5.74, 6) is 1.35. The highest BCUT2D eigenvalue weighted by molar-refractivity contribution is 5.55. The van der Waals surface area contributed by atoms with Crippen molar-refractivity contribution in [2.24, 2.45) is 0 Å². The summed E-state index contributed by atoms with van der Waals surface area (Å²) in [6.45, 7) is 2.74. The third-order valence-electron chi connectivity index (χ3n) is 5.98. The van der Waals surface area contributed by atoms with Crippen molar-refractivity contribution in [3.63, 3.8) is 0 Å². The van der Waals surface area contributed by atoms with Crippen LogP contribution in [0.4, 0.5) is 17.6 Å². The molecule has 4 rings (SSSR count). The number of hydrogen-bond acceptors (Lipinski definition) is 7. The van der Waals surface area contributed by atoms with E-state index in [0.29, 0.717) is 30.5 Å². The van der Waals surface area contributed by atoms with Crippen LogP contribution in [0.1, 0.15) is 43.7 Å². The lowest BCUT2D eigenvalue weighted by Crippen LogP contribution is -2.36. The van der Waals surface area contributed by atoms with Crippen LogP contribution in [0.3, 0.4) is 0 Å². The van der Waals surface area contributed by atoms with E-state index in [0.717, 1.165) is 41.7 Å². The molecule has 2 heterocycles. The van der Waals surface area contributed by atoms with Gasteiger partial charge < -0.3 is 21.3 Å². The Balaban J connectivity index is 1.54. The van der Waals surface area contributed by atoms with Crippen molar-refractivity contribution in [1.82, 2.24) is 24.5 Å². The number of nitrogens with two attached hydrogens (primary N) is 1. The standard InChI is InChI=1S/C22H32N8/c1-4-16-14-25-30-20(16)27-21(26-18-8-10-19(11-9-18)29(2)3)28-22(30)24-13-15-6-5-7-17(23)12-15/h5-7,12,14,18-19H,4,8-11,13,23H2,1-3H3,(H2,24,26,27,28). The molecule has 0 spiro atoms. The molecule has 1 saturated carbocycles. The molecule has 8 nitrogen and oxygen atoms in total. The van der Waals surface area contributed by atoms with Gasteiger partial charge in [-0.05, 0) is 63.9 Å². The van der Waals surface area contributed by atoms with E-state index in [1.807, 2.05) is 30.5 Å². The van der Waals surface area contributed by atoms with Crippen LogP contribution in [0, 0.1) is 0 Å². The van der Waals surface area contributed by atoms with Crippen LogP contribution in [0.2, 0.25) is 0 Å². The van der Waals surface area contributed by atoms with Gasteiger partial charge in [-0.1, -0.05) is 19.1 Å². The Bertz CT molecular complexity index is 988. The third kappa shape index (κ3) is 4.48. The molecular formula is C22H32N8. The van der Waals surface area contributed by atoms with Crippen LogP contribution >= 0.6 is 0 Å². The Morgan fingerprint density at radius 1 is 1.17 bits per heavy atom. The van der Waals surface area contributed by atoms with Crippen LogP contribution in [-0.2, 0) is 13.0 Å². The average Bonchev–Trinajstić information content (AvgIpc) is 3.15. The number of benzene rings is 1. The van der Waals surface area contributed by atoms with Gasteiger partial charge in [0, 0.05) is 29.9 Å². The first kappa shape index (κ1) is 20.4. The lowest BCUT2D eigenvalue weighted by molar-refractivity contribution is 0.221. The molecule has 8 heteroatoms. The summed E-state index contributed by atoms with van der Waals surface area (Å²) in [5.41, 5.74) is 9.73. The van der Waals surface area contributed by atoms with Gasteiger partial charge in [0.15, 0.2) is 5.65 Å². The molecule has 0 saturated heterocycles. The quantitative estimate of drug-likeness (QED) is 0.517. The van der Waals surface area contributed by atoms with Crippen molar-refractivity contribution in [3.05, 3.63) is 41.6 Å². The predicted octanol–water partition coefficient (Wildman–Crippen LogP) is 3.17. The maximum Gasteiger partial charge on any atom is 0.229 e. The van der Waals surface area contributed by atoms with E-state index >= 15 is 0 Å². The minimum absolute atomic E-state index is 0.401. The molecule has 2 aromatic heterocycles. The van der Waals surface area contributed by atoms with E-state index in [-0.39, 0.29) is 0 Å². The number of aryl methyl sites for hydroxylation is 1. The number of nitrogen functional groups attached to an aromatic ring is 1. The molecular weight excluding hydrogens is 376 g/mol. The van der Waals surface area contributed by atoms with Gasteiger partial charge in [0.05, 0.1) is 6.20 Å². The summed E-state index contributed by atoms with van der Waals surface area (Å²) < 4.78 is 1.79. The first-order chi connectivity index (χ1) is 14.5. The zero-order chi connectivity index (χ0) is 21.1. The molecule has 160 valence electrons. The van der Waals surface area contributed by atoms with Gasteiger partial charge in [-0.25, -0.2) is 0 Å². The lowest BCUT2D eigenvalue weighted by atomic mass is 9.91. The van der Waals surface area contributed by atoms with E-state index in [1.54, 1.807) is 4.52 Å². The third-order valence-corrected chi connectivity index (χ3v) is 5.98. The van der Waals surface area contributed by atoms with Crippen molar-refractivity contribution >= 4 is 23.2 Å². The number of nitrogens with zero attached hydrogens (tertiary/aromatic N) is 5. The largest absolute Gasteiger partial charge is 0.399 e. The topological polar surface area (TPSA) is 96.4 Å². The van der Waals surface area contributed by atoms with Crippen LogP contribution in [-0.4, -0.2) is 50.7 Å². The molecule has 4 N–H and O–H groups in total. The Kier molecular flexibility index (Phi) is 6.03. The van der Waals surface area contributed by atoms with Gasteiger partial charge in [-0.3, -0.25) is 0 Å². The fourth-order valence-corrected chi connectivity index (χ4v) is 4.15. The maximum atomic E-state index is 5.91. The SMILES string of the molecule is CCc1cnn2c(NCc3cccc(N)c3)nc(NC3CCC(N(C)C)CC3)nc12. The molecule has 0 atom stereocenters. The Morgan fingerprint density at radius 2 is 1.97 bits per heavy atom. The molecule has 1 fully saturated rings. The zero-order valence-corrected chi connectivity index (χ0v) is 18.1. The van der Waals surface area contributed by atoms with Crippen LogP contribution in [0.5, 0.6) is 0 Å². The van der Waals surface area contributed by atoms with E-state index in [2.05, 4.69) is 41.7 Å². The number of fused-ring (bicyclic) bond motifs is 1. The normalized spacial score (nSPS) is 19.3. The summed E-state index contributed by atoms with van der Waals surface area (Å²) >= 11 is 0. The fourth-order valence-electron chi connectivity index (χ4n) is 4.15. The highest BCUT2D eigenvalue weighted by Crippen LogP contribution is 2.25. The molecule has 1 aromatic carbocycles. The minimum atomic E-state index is 0.401. The maximum absolute atomic E-state index is 5.91. The second-order valence-electron chi connectivity index (χ2n) is 8.34. The fraction of sp³-hybridized carbons (Fsp3) is 0.500. The molecule has 0 amide bonds. The second-order valence-corrected chi connectivity index (χ2v) is 8.34. The van der Waals surface area contributed by atoms with E-state index in [9.17, 15) is 0 Å². The molecule has 0 unspecified atom stereocenters. The monoisotopic (exact) mass is 408 g/mol. The molecule has 0 aliphatic heterocycles. The number of nitrogens with one attached hydrogen (secondary N) is 2. The average molecular weight is 409 g/mol. The molecule has 1 aliphatic carbocycles. The van der Waals surface area contributed by atoms with Crippen LogP contribution < -0.4 is 16.4 Å². The van der Waals surface area contributed by atoms with Crippen LogP contribution in [0.25, 0.3) is 5.65 Å². The summed E-state index contributed by atoms with van der Waals surface area (Å²) in [6.07, 6.45) is 7.40. The number of aromatic nitrogens is 4. The minimum Gasteiger partial charge on any atom is -0.399 e. The summed E-state index contributed by atoms with van der Waals surface area (Å²) in [6, 6.07) is 8.93. The Morgan fingerprint density at radius 3 is 2.67 bits per heavy atom. The summed E-state index contributed by atoms with van der Waals surface area (Å²) in [5, 5.41) is 11.5. The summed E-state index contributed by atoms with van der Waals surface area (Å²) in [4.78, 5) is 11.9. The Labute approximate surface area is 177 Å². The van der Waals surface area contributed by atoms with E-state index in [4.69, 9.17) is 15.7 Å². The molecule has 1 aliphatic rings. The van der Waals surface area contributed by atoms with Gasteiger partial charge in [-0.2, -0.15) is 19.6 Å². The van der Waals surface area contributed by atoms with Gasteiger partial charge in [0.1, 0.15) is 0 Å². The zero-order valence-electron chi connectivity index (χ0n) is 18.1.